The van der Waals surface area contributed by atoms with Crippen LogP contribution in [0.1, 0.15) is 32.9 Å². The molecule has 2 nitrogen and oxygen atoms in total. The molecule has 2 heteroatoms. The third kappa shape index (κ3) is 2.75. The highest BCUT2D eigenvalue weighted by Crippen LogP contribution is 2.18. The molecule has 0 radical (unpaired) electrons. The minimum absolute atomic E-state index is 0.233. The van der Waals surface area contributed by atoms with Gasteiger partial charge in [-0.05, 0) is 44.7 Å². The fourth-order valence-electron chi connectivity index (χ4n) is 2.28. The van der Waals surface area contributed by atoms with Gasteiger partial charge < -0.3 is 9.88 Å². The second-order valence-corrected chi connectivity index (χ2v) is 5.66. The van der Waals surface area contributed by atoms with Gasteiger partial charge in [-0.15, -0.1) is 0 Å². The van der Waals surface area contributed by atoms with Gasteiger partial charge in [0, 0.05) is 29.8 Å². The van der Waals surface area contributed by atoms with Gasteiger partial charge in [-0.25, -0.2) is 0 Å². The van der Waals surface area contributed by atoms with Crippen molar-refractivity contribution in [2.75, 3.05) is 6.54 Å². The molecule has 0 saturated heterocycles. The minimum Gasteiger partial charge on any atom is -0.344 e. The predicted octanol–water partition coefficient (Wildman–Crippen LogP) is 3.73. The first kappa shape index (κ1) is 13.2. The van der Waals surface area contributed by atoms with Gasteiger partial charge in [0.15, 0.2) is 0 Å². The van der Waals surface area contributed by atoms with Crippen LogP contribution in [0.2, 0.25) is 0 Å². The summed E-state index contributed by atoms with van der Waals surface area (Å²) in [6.45, 7) is 11.0. The Labute approximate surface area is 110 Å². The van der Waals surface area contributed by atoms with Gasteiger partial charge >= 0.3 is 0 Å². The summed E-state index contributed by atoms with van der Waals surface area (Å²) in [6, 6.07) is 10.9. The Kier molecular flexibility index (Phi) is 3.76. The van der Waals surface area contributed by atoms with E-state index in [4.69, 9.17) is 0 Å². The maximum absolute atomic E-state index is 3.62. The summed E-state index contributed by atoms with van der Waals surface area (Å²) in [6.07, 6.45) is 1.15. The molecule has 2 rings (SSSR count). The first-order valence-corrected chi connectivity index (χ1v) is 6.83. The number of nitrogens with zero attached hydrogens (tertiary/aromatic N) is 1. The Hall–Kier alpha value is -1.28. The zero-order valence-corrected chi connectivity index (χ0v) is 12.0. The standard InChI is InChI=1S/C16H24N2/c1-5-16(3,4)17-10-11-18-13(2)12-14-8-6-7-9-15(14)18/h6-9,12,17H,5,10-11H2,1-4H3. The maximum atomic E-state index is 3.62. The van der Waals surface area contributed by atoms with Gasteiger partial charge in [-0.2, -0.15) is 0 Å². The number of aryl methyl sites for hydroxylation is 1. The van der Waals surface area contributed by atoms with Gasteiger partial charge in [0.2, 0.25) is 0 Å². The fraction of sp³-hybridized carbons (Fsp3) is 0.500. The number of rotatable bonds is 5. The molecule has 0 aliphatic heterocycles. The number of fused-ring (bicyclic) bond motifs is 1. The van der Waals surface area contributed by atoms with E-state index in [0.29, 0.717) is 0 Å². The highest BCUT2D eigenvalue weighted by Gasteiger charge is 2.13. The Balaban J connectivity index is 2.10. The van der Waals surface area contributed by atoms with Crippen LogP contribution in [0, 0.1) is 6.92 Å². The molecule has 0 amide bonds. The fourth-order valence-corrected chi connectivity index (χ4v) is 2.28. The lowest BCUT2D eigenvalue weighted by molar-refractivity contribution is 0.368. The van der Waals surface area contributed by atoms with Gasteiger partial charge in [0.25, 0.3) is 0 Å². The molecule has 2 aromatic rings. The number of nitrogens with one attached hydrogen (secondary N) is 1. The van der Waals surface area contributed by atoms with Crippen molar-refractivity contribution < 1.29 is 0 Å². The van der Waals surface area contributed by atoms with Gasteiger partial charge in [0.1, 0.15) is 0 Å². The van der Waals surface area contributed by atoms with E-state index in [0.717, 1.165) is 19.5 Å². The highest BCUT2D eigenvalue weighted by molar-refractivity contribution is 5.81. The zero-order chi connectivity index (χ0) is 13.2. The summed E-state index contributed by atoms with van der Waals surface area (Å²) in [4.78, 5) is 0. The average Bonchev–Trinajstić information content (AvgIpc) is 2.66. The second-order valence-electron chi connectivity index (χ2n) is 5.66. The van der Waals surface area contributed by atoms with Crippen LogP contribution in [-0.2, 0) is 6.54 Å². The third-order valence-electron chi connectivity index (χ3n) is 3.84. The summed E-state index contributed by atoms with van der Waals surface area (Å²) < 4.78 is 2.40. The average molecular weight is 244 g/mol. The molecule has 0 fully saturated rings. The Morgan fingerprint density at radius 2 is 1.94 bits per heavy atom. The lowest BCUT2D eigenvalue weighted by Gasteiger charge is -2.25. The van der Waals surface area contributed by atoms with Gasteiger partial charge in [0.05, 0.1) is 0 Å². The summed E-state index contributed by atoms with van der Waals surface area (Å²) in [5.74, 6) is 0. The second kappa shape index (κ2) is 5.15. The van der Waals surface area contributed by atoms with Gasteiger partial charge in [-0.3, -0.25) is 0 Å². The number of benzene rings is 1. The largest absolute Gasteiger partial charge is 0.344 e. The Bertz CT molecular complexity index is 523. The van der Waals surface area contributed by atoms with Crippen molar-refractivity contribution in [3.05, 3.63) is 36.0 Å². The molecule has 0 aliphatic rings. The topological polar surface area (TPSA) is 17.0 Å². The van der Waals surface area contributed by atoms with Crippen LogP contribution in [0.25, 0.3) is 10.9 Å². The summed E-state index contributed by atoms with van der Waals surface area (Å²) in [5.41, 5.74) is 2.91. The smallest absolute Gasteiger partial charge is 0.0482 e. The number of hydrogen-bond donors (Lipinski definition) is 1. The molecule has 1 N–H and O–H groups in total. The third-order valence-corrected chi connectivity index (χ3v) is 3.84. The van der Waals surface area contributed by atoms with Crippen LogP contribution in [-0.4, -0.2) is 16.7 Å². The molecule has 18 heavy (non-hydrogen) atoms. The monoisotopic (exact) mass is 244 g/mol. The van der Waals surface area contributed by atoms with Crippen molar-refractivity contribution in [3.63, 3.8) is 0 Å². The van der Waals surface area contributed by atoms with Crippen molar-refractivity contribution in [3.8, 4) is 0 Å². The highest BCUT2D eigenvalue weighted by atomic mass is 15.0. The predicted molar refractivity (Wildman–Crippen MR) is 79.0 cm³/mol. The normalized spacial score (nSPS) is 12.2. The molecule has 0 bridgehead atoms. The molecule has 1 heterocycles. The summed E-state index contributed by atoms with van der Waals surface area (Å²) in [5, 5.41) is 4.96. The molecule has 0 unspecified atom stereocenters. The van der Waals surface area contributed by atoms with Crippen LogP contribution in [0.15, 0.2) is 30.3 Å². The van der Waals surface area contributed by atoms with E-state index in [1.807, 2.05) is 0 Å². The van der Waals surface area contributed by atoms with Crippen molar-refractivity contribution in [2.24, 2.45) is 0 Å². The molecule has 0 spiro atoms. The van der Waals surface area contributed by atoms with E-state index in [-0.39, 0.29) is 5.54 Å². The van der Waals surface area contributed by atoms with Crippen LogP contribution < -0.4 is 5.32 Å². The van der Waals surface area contributed by atoms with E-state index in [2.05, 4.69) is 67.9 Å². The lowest BCUT2D eigenvalue weighted by atomic mass is 10.0. The number of hydrogen-bond acceptors (Lipinski definition) is 1. The van der Waals surface area contributed by atoms with E-state index in [1.165, 1.54) is 16.6 Å². The number of aromatic nitrogens is 1. The maximum Gasteiger partial charge on any atom is 0.0482 e. The Morgan fingerprint density at radius 1 is 1.22 bits per heavy atom. The summed E-state index contributed by atoms with van der Waals surface area (Å²) in [7, 11) is 0. The van der Waals surface area contributed by atoms with E-state index < -0.39 is 0 Å². The van der Waals surface area contributed by atoms with Crippen molar-refractivity contribution >= 4 is 10.9 Å². The first-order chi connectivity index (χ1) is 8.53. The minimum atomic E-state index is 0.233. The lowest BCUT2D eigenvalue weighted by Crippen LogP contribution is -2.40. The molecule has 1 aromatic carbocycles. The van der Waals surface area contributed by atoms with Crippen LogP contribution in [0.4, 0.5) is 0 Å². The van der Waals surface area contributed by atoms with Gasteiger partial charge in [-0.1, -0.05) is 25.1 Å². The van der Waals surface area contributed by atoms with E-state index in [9.17, 15) is 0 Å². The molecular formula is C16H24N2. The quantitative estimate of drug-likeness (QED) is 0.848. The molecule has 0 atom stereocenters. The van der Waals surface area contributed by atoms with Crippen molar-refractivity contribution in [1.29, 1.82) is 0 Å². The molecule has 1 aromatic heterocycles. The van der Waals surface area contributed by atoms with E-state index in [1.54, 1.807) is 0 Å². The van der Waals surface area contributed by atoms with Crippen molar-refractivity contribution in [2.45, 2.75) is 46.2 Å². The molecule has 0 aliphatic carbocycles. The first-order valence-electron chi connectivity index (χ1n) is 6.83. The van der Waals surface area contributed by atoms with Crippen LogP contribution >= 0.6 is 0 Å². The molecular weight excluding hydrogens is 220 g/mol. The van der Waals surface area contributed by atoms with Crippen LogP contribution in [0.3, 0.4) is 0 Å². The Morgan fingerprint density at radius 3 is 2.67 bits per heavy atom. The molecule has 98 valence electrons. The number of para-hydroxylation sites is 1. The van der Waals surface area contributed by atoms with E-state index >= 15 is 0 Å². The van der Waals surface area contributed by atoms with Crippen molar-refractivity contribution in [1.82, 2.24) is 9.88 Å². The van der Waals surface area contributed by atoms with Crippen LogP contribution in [0.5, 0.6) is 0 Å². The summed E-state index contributed by atoms with van der Waals surface area (Å²) >= 11 is 0. The zero-order valence-electron chi connectivity index (χ0n) is 12.0. The molecule has 0 saturated carbocycles. The SMILES string of the molecule is CCC(C)(C)NCCn1c(C)cc2ccccc21.